The summed E-state index contributed by atoms with van der Waals surface area (Å²) in [6.45, 7) is 6.14. The monoisotopic (exact) mass is 342 g/mol. The summed E-state index contributed by atoms with van der Waals surface area (Å²) in [4.78, 5) is 41.1. The number of hydrogen-bond acceptors (Lipinski definition) is 6. The molecule has 0 fully saturated rings. The average molecular weight is 342 g/mol. The molecule has 0 unspecified atom stereocenters. The smallest absolute Gasteiger partial charge is 0.338 e. The van der Waals surface area contributed by atoms with E-state index in [0.717, 1.165) is 13.8 Å². The predicted octanol–water partition coefficient (Wildman–Crippen LogP) is 2.22. The number of benzene rings is 1. The molecule has 8 nitrogen and oxygen atoms in total. The van der Waals surface area contributed by atoms with E-state index in [1.165, 1.54) is 0 Å². The van der Waals surface area contributed by atoms with Gasteiger partial charge in [0.05, 0.1) is 24.3 Å². The van der Waals surface area contributed by atoms with Gasteiger partial charge in [-0.3, -0.25) is 9.59 Å². The van der Waals surface area contributed by atoms with Gasteiger partial charge in [-0.1, -0.05) is 12.1 Å². The summed E-state index contributed by atoms with van der Waals surface area (Å²) >= 11 is 0. The first kappa shape index (κ1) is 23.4. The molecule has 0 spiro atoms. The van der Waals surface area contributed by atoms with Crippen molar-refractivity contribution >= 4 is 23.9 Å². The van der Waals surface area contributed by atoms with Crippen LogP contribution in [0, 0.1) is 0 Å². The Morgan fingerprint density at radius 3 is 1.25 bits per heavy atom. The minimum absolute atomic E-state index is 0.239. The van der Waals surface area contributed by atoms with E-state index in [4.69, 9.17) is 29.3 Å². The second-order valence-electron chi connectivity index (χ2n) is 4.02. The molecule has 1 rings (SSSR count). The molecular formula is C16H22O8. The van der Waals surface area contributed by atoms with Crippen LogP contribution >= 0.6 is 0 Å². The fourth-order valence-electron chi connectivity index (χ4n) is 1.26. The van der Waals surface area contributed by atoms with Gasteiger partial charge in [-0.15, -0.1) is 0 Å². The molecule has 1 aromatic carbocycles. The third kappa shape index (κ3) is 12.8. The molecule has 0 saturated heterocycles. The molecule has 24 heavy (non-hydrogen) atoms. The maximum atomic E-state index is 11.5. The van der Waals surface area contributed by atoms with Crippen molar-refractivity contribution in [2.75, 3.05) is 13.2 Å². The maximum Gasteiger partial charge on any atom is 0.338 e. The summed E-state index contributed by atoms with van der Waals surface area (Å²) in [5.74, 6) is -2.68. The van der Waals surface area contributed by atoms with Crippen LogP contribution in [-0.4, -0.2) is 47.3 Å². The van der Waals surface area contributed by atoms with Gasteiger partial charge in [-0.2, -0.15) is 0 Å². The lowest BCUT2D eigenvalue weighted by Gasteiger charge is -2.07. The quantitative estimate of drug-likeness (QED) is 0.797. The number of rotatable bonds is 4. The molecule has 0 aromatic heterocycles. The lowest BCUT2D eigenvalue weighted by molar-refractivity contribution is -0.135. The predicted molar refractivity (Wildman–Crippen MR) is 85.0 cm³/mol. The summed E-state index contributed by atoms with van der Waals surface area (Å²) in [5, 5.41) is 14.8. The molecule has 0 aliphatic carbocycles. The third-order valence-corrected chi connectivity index (χ3v) is 1.92. The van der Waals surface area contributed by atoms with Crippen molar-refractivity contribution < 1.29 is 38.9 Å². The van der Waals surface area contributed by atoms with E-state index in [9.17, 15) is 9.59 Å². The van der Waals surface area contributed by atoms with Crippen molar-refractivity contribution in [2.24, 2.45) is 0 Å². The highest BCUT2D eigenvalue weighted by atomic mass is 16.5. The fourth-order valence-corrected chi connectivity index (χ4v) is 1.26. The summed E-state index contributed by atoms with van der Waals surface area (Å²) in [6, 6.07) is 6.44. The van der Waals surface area contributed by atoms with Gasteiger partial charge in [0, 0.05) is 13.8 Å². The second-order valence-corrected chi connectivity index (χ2v) is 4.02. The third-order valence-electron chi connectivity index (χ3n) is 1.92. The molecule has 0 amide bonds. The number of ether oxygens (including phenoxy) is 2. The van der Waals surface area contributed by atoms with Crippen molar-refractivity contribution in [1.82, 2.24) is 0 Å². The van der Waals surface area contributed by atoms with Gasteiger partial charge in [-0.25, -0.2) is 9.59 Å². The van der Waals surface area contributed by atoms with Crippen molar-refractivity contribution in [3.05, 3.63) is 35.4 Å². The molecule has 0 radical (unpaired) electrons. The van der Waals surface area contributed by atoms with Crippen molar-refractivity contribution in [3.63, 3.8) is 0 Å². The Bertz CT molecular complexity index is 494. The van der Waals surface area contributed by atoms with Crippen molar-refractivity contribution in [3.8, 4) is 0 Å². The van der Waals surface area contributed by atoms with Crippen LogP contribution in [0.15, 0.2) is 24.3 Å². The number of carboxylic acids is 2. The van der Waals surface area contributed by atoms with Gasteiger partial charge in [0.2, 0.25) is 0 Å². The minimum atomic E-state index is -0.833. The molecule has 134 valence electrons. The van der Waals surface area contributed by atoms with E-state index in [1.807, 2.05) is 0 Å². The van der Waals surface area contributed by atoms with E-state index < -0.39 is 23.9 Å². The Kier molecular flexibility index (Phi) is 13.4. The zero-order chi connectivity index (χ0) is 19.1. The molecule has 1 aromatic rings. The van der Waals surface area contributed by atoms with Crippen molar-refractivity contribution in [1.29, 1.82) is 0 Å². The van der Waals surface area contributed by atoms with E-state index >= 15 is 0 Å². The van der Waals surface area contributed by atoms with Crippen LogP contribution in [0.1, 0.15) is 48.4 Å². The Balaban J connectivity index is 0. The normalized spacial score (nSPS) is 8.50. The van der Waals surface area contributed by atoms with Crippen molar-refractivity contribution in [2.45, 2.75) is 27.7 Å². The Labute approximate surface area is 140 Å². The number of esters is 2. The Morgan fingerprint density at radius 1 is 0.792 bits per heavy atom. The van der Waals surface area contributed by atoms with E-state index in [2.05, 4.69) is 0 Å². The van der Waals surface area contributed by atoms with Crippen LogP contribution in [0.5, 0.6) is 0 Å². The highest BCUT2D eigenvalue weighted by molar-refractivity contribution is 6.03. The zero-order valence-electron chi connectivity index (χ0n) is 14.1. The summed E-state index contributed by atoms with van der Waals surface area (Å²) < 4.78 is 9.70. The van der Waals surface area contributed by atoms with Gasteiger partial charge in [0.25, 0.3) is 11.9 Å². The highest BCUT2D eigenvalue weighted by Gasteiger charge is 2.17. The maximum absolute atomic E-state index is 11.5. The largest absolute Gasteiger partial charge is 0.481 e. The minimum Gasteiger partial charge on any atom is -0.481 e. The molecule has 0 saturated carbocycles. The Morgan fingerprint density at radius 2 is 1.04 bits per heavy atom. The lowest BCUT2D eigenvalue weighted by Crippen LogP contribution is -2.13. The topological polar surface area (TPSA) is 127 Å². The average Bonchev–Trinajstić information content (AvgIpc) is 2.46. The van der Waals surface area contributed by atoms with E-state index in [-0.39, 0.29) is 24.3 Å². The lowest BCUT2D eigenvalue weighted by atomic mass is 10.1. The number of carboxylic acid groups (broad SMARTS) is 2. The zero-order valence-corrected chi connectivity index (χ0v) is 14.1. The fraction of sp³-hybridized carbons (Fsp3) is 0.375. The molecule has 0 aliphatic heterocycles. The summed E-state index contributed by atoms with van der Waals surface area (Å²) in [7, 11) is 0. The van der Waals surface area contributed by atoms with Gasteiger partial charge >= 0.3 is 11.9 Å². The molecule has 2 N–H and O–H groups in total. The van der Waals surface area contributed by atoms with E-state index in [1.54, 1.807) is 38.1 Å². The molecule has 0 heterocycles. The van der Waals surface area contributed by atoms with Crippen LogP contribution in [0.3, 0.4) is 0 Å². The molecule has 0 atom stereocenters. The Hall–Kier alpha value is -2.90. The van der Waals surface area contributed by atoms with Crippen LogP contribution in [0.2, 0.25) is 0 Å². The van der Waals surface area contributed by atoms with Gasteiger partial charge in [0.15, 0.2) is 0 Å². The van der Waals surface area contributed by atoms with Gasteiger partial charge in [0.1, 0.15) is 0 Å². The first-order valence-corrected chi connectivity index (χ1v) is 6.99. The molecule has 0 aliphatic rings. The van der Waals surface area contributed by atoms with Gasteiger partial charge in [-0.05, 0) is 26.0 Å². The molecule has 0 bridgehead atoms. The molecule has 8 heteroatoms. The van der Waals surface area contributed by atoms with E-state index in [0.29, 0.717) is 0 Å². The number of carbonyl (C=O) groups excluding carboxylic acids is 2. The summed E-state index contributed by atoms with van der Waals surface area (Å²) in [6.07, 6.45) is 0. The second kappa shape index (κ2) is 13.7. The van der Waals surface area contributed by atoms with Crippen LogP contribution in [-0.2, 0) is 19.1 Å². The SMILES string of the molecule is CC(=O)O.CC(=O)O.CCOC(=O)c1ccccc1C(=O)OCC. The number of hydrogen-bond donors (Lipinski definition) is 2. The number of carbonyl (C=O) groups is 4. The first-order chi connectivity index (χ1) is 11.2. The molecular weight excluding hydrogens is 320 g/mol. The standard InChI is InChI=1S/C12H14O4.2C2H4O2/c1-3-15-11(13)9-7-5-6-8-10(9)12(14)16-4-2;2*1-2(3)4/h5-8H,3-4H2,1-2H3;2*1H3,(H,3,4). The first-order valence-electron chi connectivity index (χ1n) is 6.99. The van der Waals surface area contributed by atoms with Crippen LogP contribution < -0.4 is 0 Å². The number of aliphatic carboxylic acids is 2. The van der Waals surface area contributed by atoms with Gasteiger partial charge < -0.3 is 19.7 Å². The van der Waals surface area contributed by atoms with Crippen LogP contribution in [0.25, 0.3) is 0 Å². The summed E-state index contributed by atoms with van der Waals surface area (Å²) in [5.41, 5.74) is 0.477. The highest BCUT2D eigenvalue weighted by Crippen LogP contribution is 2.11. The van der Waals surface area contributed by atoms with Crippen LogP contribution in [0.4, 0.5) is 0 Å².